The van der Waals surface area contributed by atoms with Crippen LogP contribution in [-0.2, 0) is 52.2 Å². The molecule has 0 spiro atoms. The topological polar surface area (TPSA) is 332 Å². The van der Waals surface area contributed by atoms with Gasteiger partial charge in [-0.2, -0.15) is 0 Å². The largest absolute Gasteiger partial charge is 0.469 e. The molecule has 0 aliphatic carbocycles. The second-order valence-electron chi connectivity index (χ2n) is 15.1. The standard InChI is InChI=1S/C36H63NO21/c1-15-22(42)25(45)28(48)34(52-15)56-30-19(14-39)55-33(51-12-10-8-6-5-7-9-11-20(41)50-4)21(37-17(3)40)31(30)57-36-32(27(47)24(44)18(13-38)54-36)58-35-29(49)26(46)23(43)16(2)53-35/h15-16,18-19,21-36,38-39,42-49H,5-14H2,1-4H3,(H,37,40)/t15-,16-,18+,19+,21+,22+,23+,24-,25+,26+,27-,28-,29-,30+,31+,32+,33+,34-,35-,36-/m0/s1. The highest BCUT2D eigenvalue weighted by molar-refractivity contribution is 5.73. The number of ether oxygens (including phenoxy) is 9. The van der Waals surface area contributed by atoms with Crippen molar-refractivity contribution in [1.29, 1.82) is 0 Å². The van der Waals surface area contributed by atoms with Gasteiger partial charge in [0.1, 0.15) is 85.4 Å². The number of hydrogen-bond donors (Lipinski definition) is 11. The summed E-state index contributed by atoms with van der Waals surface area (Å²) < 4.78 is 52.4. The maximum atomic E-state index is 12.8. The highest BCUT2D eigenvalue weighted by Crippen LogP contribution is 2.36. The predicted molar refractivity (Wildman–Crippen MR) is 191 cm³/mol. The Morgan fingerprint density at radius 1 is 0.552 bits per heavy atom. The summed E-state index contributed by atoms with van der Waals surface area (Å²) in [7, 11) is 1.34. The van der Waals surface area contributed by atoms with Crippen LogP contribution in [0.25, 0.3) is 0 Å². The van der Waals surface area contributed by atoms with Crippen molar-refractivity contribution >= 4 is 11.9 Å². The number of unbranched alkanes of at least 4 members (excludes halogenated alkanes) is 5. The van der Waals surface area contributed by atoms with E-state index in [2.05, 4.69) is 10.1 Å². The zero-order valence-corrected chi connectivity index (χ0v) is 33.1. The minimum Gasteiger partial charge on any atom is -0.469 e. The SMILES string of the molecule is COC(=O)CCCCCCCCO[C@@H]1O[C@H](CO)[C@@H](O[C@@H]2O[C@@H](C)[C@@H](O)[C@@H](O)[C@@H]2O)[C@H](O[C@@H]2O[C@H](CO)[C@H](O)[C@H](O)[C@H]2O[C@@H]2O[C@@H](C)[C@@H](O)[C@@H](O)[C@@H]2O)[C@H]1NC(C)=O. The van der Waals surface area contributed by atoms with Crippen LogP contribution < -0.4 is 5.32 Å². The summed E-state index contributed by atoms with van der Waals surface area (Å²) in [6, 6.07) is -1.34. The molecule has 11 N–H and O–H groups in total. The summed E-state index contributed by atoms with van der Waals surface area (Å²) in [5.41, 5.74) is 0. The number of hydrogen-bond acceptors (Lipinski definition) is 21. The van der Waals surface area contributed by atoms with E-state index in [1.54, 1.807) is 0 Å². The molecule has 4 rings (SSSR count). The number of aliphatic hydroxyl groups excluding tert-OH is 10. The lowest BCUT2D eigenvalue weighted by atomic mass is 9.94. The smallest absolute Gasteiger partial charge is 0.305 e. The molecule has 0 aromatic rings. The van der Waals surface area contributed by atoms with E-state index in [1.807, 2.05) is 0 Å². The Morgan fingerprint density at radius 3 is 1.59 bits per heavy atom. The average molecular weight is 846 g/mol. The second-order valence-corrected chi connectivity index (χ2v) is 15.1. The summed E-state index contributed by atoms with van der Waals surface area (Å²) >= 11 is 0. The van der Waals surface area contributed by atoms with Crippen LogP contribution in [0, 0.1) is 0 Å². The number of carbonyl (C=O) groups excluding carboxylic acids is 2. The molecular formula is C36H63NO21. The first-order valence-electron chi connectivity index (χ1n) is 19.7. The van der Waals surface area contributed by atoms with Gasteiger partial charge in [-0.1, -0.05) is 25.7 Å². The molecule has 4 saturated heterocycles. The van der Waals surface area contributed by atoms with E-state index in [0.29, 0.717) is 19.3 Å². The molecule has 0 unspecified atom stereocenters. The number of esters is 1. The zero-order chi connectivity index (χ0) is 42.8. The number of aliphatic hydroxyl groups is 10. The van der Waals surface area contributed by atoms with Crippen molar-refractivity contribution in [2.45, 2.75) is 188 Å². The van der Waals surface area contributed by atoms with E-state index in [1.165, 1.54) is 27.9 Å². The van der Waals surface area contributed by atoms with E-state index >= 15 is 0 Å². The van der Waals surface area contributed by atoms with Crippen LogP contribution >= 0.6 is 0 Å². The van der Waals surface area contributed by atoms with Crippen molar-refractivity contribution in [2.24, 2.45) is 0 Å². The summed E-state index contributed by atoms with van der Waals surface area (Å²) in [5.74, 6) is -0.891. The Bertz CT molecular complexity index is 1250. The van der Waals surface area contributed by atoms with Gasteiger partial charge in [0.25, 0.3) is 0 Å². The molecule has 1 amide bonds. The summed E-state index contributed by atoms with van der Waals surface area (Å²) in [6.45, 7) is 2.46. The maximum Gasteiger partial charge on any atom is 0.305 e. The molecule has 0 bridgehead atoms. The van der Waals surface area contributed by atoms with Crippen LogP contribution in [0.3, 0.4) is 0 Å². The average Bonchev–Trinajstić information content (AvgIpc) is 3.20. The molecule has 0 radical (unpaired) electrons. The van der Waals surface area contributed by atoms with E-state index in [4.69, 9.17) is 37.9 Å². The Balaban J connectivity index is 1.63. The lowest BCUT2D eigenvalue weighted by molar-refractivity contribution is -0.391. The van der Waals surface area contributed by atoms with Gasteiger partial charge in [0, 0.05) is 20.0 Å². The van der Waals surface area contributed by atoms with Gasteiger partial charge in [-0.05, 0) is 26.7 Å². The van der Waals surface area contributed by atoms with E-state index < -0.39 is 142 Å². The number of rotatable bonds is 19. The van der Waals surface area contributed by atoms with Crippen LogP contribution in [0.4, 0.5) is 0 Å². The van der Waals surface area contributed by atoms with Gasteiger partial charge in [0.2, 0.25) is 5.91 Å². The molecule has 0 saturated carbocycles. The second kappa shape index (κ2) is 22.9. The molecule has 58 heavy (non-hydrogen) atoms. The van der Waals surface area contributed by atoms with Gasteiger partial charge >= 0.3 is 5.97 Å². The zero-order valence-electron chi connectivity index (χ0n) is 33.1. The highest BCUT2D eigenvalue weighted by atomic mass is 16.8. The quantitative estimate of drug-likeness (QED) is 0.0430. The summed E-state index contributed by atoms with van der Waals surface area (Å²) in [4.78, 5) is 24.1. The van der Waals surface area contributed by atoms with Gasteiger partial charge in [0.05, 0.1) is 32.5 Å². The first-order valence-corrected chi connectivity index (χ1v) is 19.7. The molecule has 22 nitrogen and oxygen atoms in total. The van der Waals surface area contributed by atoms with Crippen LogP contribution in [0.15, 0.2) is 0 Å². The number of methoxy groups -OCH3 is 1. The third-order valence-corrected chi connectivity index (χ3v) is 10.8. The molecule has 338 valence electrons. The monoisotopic (exact) mass is 845 g/mol. The predicted octanol–water partition coefficient (Wildman–Crippen LogP) is -4.62. The van der Waals surface area contributed by atoms with Crippen molar-refractivity contribution in [1.82, 2.24) is 5.32 Å². The van der Waals surface area contributed by atoms with Crippen molar-refractivity contribution < 1.29 is 103 Å². The van der Waals surface area contributed by atoms with Crippen molar-refractivity contribution in [3.63, 3.8) is 0 Å². The number of amides is 1. The van der Waals surface area contributed by atoms with Gasteiger partial charge < -0.3 is 99.0 Å². The molecule has 0 aromatic carbocycles. The normalized spacial score (nSPS) is 43.5. The Hall–Kier alpha value is -1.78. The third-order valence-electron chi connectivity index (χ3n) is 10.8. The fourth-order valence-corrected chi connectivity index (χ4v) is 7.31. The summed E-state index contributed by atoms with van der Waals surface area (Å²) in [6.07, 6.45) is -25.7. The molecule has 4 aliphatic heterocycles. The Kier molecular flexibility index (Phi) is 19.3. The van der Waals surface area contributed by atoms with Gasteiger partial charge in [0.15, 0.2) is 25.2 Å². The van der Waals surface area contributed by atoms with Gasteiger partial charge in [-0.15, -0.1) is 0 Å². The van der Waals surface area contributed by atoms with Crippen LogP contribution in [0.2, 0.25) is 0 Å². The maximum absolute atomic E-state index is 12.8. The van der Waals surface area contributed by atoms with E-state index in [-0.39, 0.29) is 12.6 Å². The molecular weight excluding hydrogens is 782 g/mol. The summed E-state index contributed by atoms with van der Waals surface area (Å²) in [5, 5.41) is 109. The fraction of sp³-hybridized carbons (Fsp3) is 0.944. The van der Waals surface area contributed by atoms with Crippen molar-refractivity contribution in [3.05, 3.63) is 0 Å². The Morgan fingerprint density at radius 2 is 1.05 bits per heavy atom. The van der Waals surface area contributed by atoms with Crippen LogP contribution in [0.1, 0.15) is 65.7 Å². The Labute approximate surface area is 335 Å². The highest BCUT2D eigenvalue weighted by Gasteiger charge is 2.56. The minimum absolute atomic E-state index is 0.0950. The molecule has 4 aliphatic rings. The molecule has 0 aromatic heterocycles. The third kappa shape index (κ3) is 12.2. The fourth-order valence-electron chi connectivity index (χ4n) is 7.31. The first kappa shape index (κ1) is 48.9. The first-order chi connectivity index (χ1) is 27.5. The number of carbonyl (C=O) groups is 2. The minimum atomic E-state index is -1.92. The van der Waals surface area contributed by atoms with E-state index in [0.717, 1.165) is 25.7 Å². The van der Waals surface area contributed by atoms with Gasteiger partial charge in [-0.25, -0.2) is 0 Å². The van der Waals surface area contributed by atoms with Crippen LogP contribution in [0.5, 0.6) is 0 Å². The molecule has 20 atom stereocenters. The van der Waals surface area contributed by atoms with E-state index in [9.17, 15) is 60.7 Å². The lowest BCUT2D eigenvalue weighted by Gasteiger charge is -2.51. The van der Waals surface area contributed by atoms with Crippen LogP contribution in [-0.4, -0.2) is 213 Å². The molecule has 22 heteroatoms. The van der Waals surface area contributed by atoms with Crippen molar-refractivity contribution in [3.8, 4) is 0 Å². The van der Waals surface area contributed by atoms with Crippen molar-refractivity contribution in [2.75, 3.05) is 26.9 Å². The molecule has 4 heterocycles. The number of nitrogens with one attached hydrogen (secondary N) is 1. The lowest BCUT2D eigenvalue weighted by Crippen LogP contribution is -2.70. The molecule has 4 fully saturated rings. The van der Waals surface area contributed by atoms with Gasteiger partial charge in [-0.3, -0.25) is 9.59 Å².